The SMILES string of the molecule is O=C1NC(=O)C2C(CCCOC3CCCC3)=CC(=O)OC2N1. The van der Waals surface area contributed by atoms with Crippen LogP contribution >= 0.6 is 0 Å². The lowest BCUT2D eigenvalue weighted by Gasteiger charge is -2.34. The first kappa shape index (κ1) is 15.0. The molecule has 0 aromatic rings. The van der Waals surface area contributed by atoms with Crippen LogP contribution in [0.5, 0.6) is 0 Å². The molecule has 1 aliphatic carbocycles. The molecule has 3 aliphatic rings. The van der Waals surface area contributed by atoms with Gasteiger partial charge < -0.3 is 14.8 Å². The largest absolute Gasteiger partial charge is 0.437 e. The zero-order valence-electron chi connectivity index (χ0n) is 12.3. The molecular weight excluding hydrogens is 288 g/mol. The normalized spacial score (nSPS) is 28.5. The summed E-state index contributed by atoms with van der Waals surface area (Å²) in [5.41, 5.74) is 0.689. The fourth-order valence-corrected chi connectivity index (χ4v) is 3.25. The standard InChI is InChI=1S/C15H20N2O5/c18-11-8-9(4-3-7-21-10-5-1-2-6-10)12-13(19)16-15(20)17-14(12)22-11/h8,10,12,14H,1-7H2,(H2,16,17,19,20). The lowest BCUT2D eigenvalue weighted by atomic mass is 9.89. The molecule has 1 saturated carbocycles. The third kappa shape index (κ3) is 3.30. The summed E-state index contributed by atoms with van der Waals surface area (Å²) in [5, 5.41) is 4.66. The lowest BCUT2D eigenvalue weighted by Crippen LogP contribution is -2.61. The monoisotopic (exact) mass is 308 g/mol. The first-order valence-electron chi connectivity index (χ1n) is 7.77. The highest BCUT2D eigenvalue weighted by Gasteiger charge is 2.42. The van der Waals surface area contributed by atoms with Crippen molar-refractivity contribution >= 4 is 17.9 Å². The molecule has 1 saturated heterocycles. The van der Waals surface area contributed by atoms with Gasteiger partial charge in [0.2, 0.25) is 5.91 Å². The zero-order chi connectivity index (χ0) is 15.5. The van der Waals surface area contributed by atoms with E-state index >= 15 is 0 Å². The Labute approximate surface area is 128 Å². The van der Waals surface area contributed by atoms with Gasteiger partial charge in [-0.05, 0) is 31.3 Å². The first-order chi connectivity index (χ1) is 10.6. The van der Waals surface area contributed by atoms with E-state index in [9.17, 15) is 14.4 Å². The second kappa shape index (κ2) is 6.48. The molecule has 22 heavy (non-hydrogen) atoms. The first-order valence-corrected chi connectivity index (χ1v) is 7.77. The minimum Gasteiger partial charge on any atom is -0.437 e. The molecule has 3 amide bonds. The van der Waals surface area contributed by atoms with Crippen molar-refractivity contribution in [3.8, 4) is 0 Å². The van der Waals surface area contributed by atoms with Crippen LogP contribution < -0.4 is 10.6 Å². The third-order valence-corrected chi connectivity index (χ3v) is 4.31. The van der Waals surface area contributed by atoms with Gasteiger partial charge in [0.15, 0.2) is 6.23 Å². The van der Waals surface area contributed by atoms with Crippen molar-refractivity contribution in [2.45, 2.75) is 50.9 Å². The maximum atomic E-state index is 12.0. The summed E-state index contributed by atoms with van der Waals surface area (Å²) in [5.74, 6) is -1.59. The maximum Gasteiger partial charge on any atom is 0.332 e. The van der Waals surface area contributed by atoms with Crippen LogP contribution in [0.1, 0.15) is 38.5 Å². The van der Waals surface area contributed by atoms with Crippen LogP contribution in [0.4, 0.5) is 4.79 Å². The minimum atomic E-state index is -0.899. The van der Waals surface area contributed by atoms with Crippen LogP contribution in [-0.2, 0) is 19.1 Å². The number of fused-ring (bicyclic) bond motifs is 1. The maximum absolute atomic E-state index is 12.0. The van der Waals surface area contributed by atoms with Gasteiger partial charge in [-0.15, -0.1) is 0 Å². The van der Waals surface area contributed by atoms with Crippen LogP contribution in [-0.4, -0.2) is 36.8 Å². The number of imide groups is 1. The number of hydrogen-bond donors (Lipinski definition) is 2. The van der Waals surface area contributed by atoms with E-state index < -0.39 is 30.1 Å². The minimum absolute atomic E-state index is 0.357. The van der Waals surface area contributed by atoms with Crippen molar-refractivity contribution in [1.29, 1.82) is 0 Å². The third-order valence-electron chi connectivity index (χ3n) is 4.31. The number of nitrogens with one attached hydrogen (secondary N) is 2. The van der Waals surface area contributed by atoms with Gasteiger partial charge in [0.05, 0.1) is 6.10 Å². The molecule has 0 aromatic carbocycles. The molecule has 2 heterocycles. The molecule has 0 radical (unpaired) electrons. The van der Waals surface area contributed by atoms with Crippen LogP contribution in [0.25, 0.3) is 0 Å². The summed E-state index contributed by atoms with van der Waals surface area (Å²) in [6, 6.07) is -0.634. The topological polar surface area (TPSA) is 93.7 Å². The molecule has 2 unspecified atom stereocenters. The van der Waals surface area contributed by atoms with Crippen molar-refractivity contribution < 1.29 is 23.9 Å². The second-order valence-electron chi connectivity index (χ2n) is 5.90. The molecule has 7 nitrogen and oxygen atoms in total. The summed E-state index contributed by atoms with van der Waals surface area (Å²) < 4.78 is 10.8. The van der Waals surface area contributed by atoms with Crippen molar-refractivity contribution in [3.05, 3.63) is 11.6 Å². The molecule has 0 aromatic heterocycles. The van der Waals surface area contributed by atoms with Gasteiger partial charge in [0.1, 0.15) is 5.92 Å². The van der Waals surface area contributed by atoms with E-state index in [-0.39, 0.29) is 0 Å². The summed E-state index contributed by atoms with van der Waals surface area (Å²) in [6.45, 7) is 0.614. The summed E-state index contributed by atoms with van der Waals surface area (Å²) in [6.07, 6.45) is 6.82. The van der Waals surface area contributed by atoms with Crippen LogP contribution in [0.15, 0.2) is 11.6 Å². The summed E-state index contributed by atoms with van der Waals surface area (Å²) in [4.78, 5) is 34.8. The van der Waals surface area contributed by atoms with Gasteiger partial charge in [-0.2, -0.15) is 0 Å². The van der Waals surface area contributed by atoms with Crippen LogP contribution in [0.2, 0.25) is 0 Å². The Balaban J connectivity index is 1.55. The van der Waals surface area contributed by atoms with E-state index in [1.807, 2.05) is 0 Å². The average molecular weight is 308 g/mol. The fourth-order valence-electron chi connectivity index (χ4n) is 3.25. The van der Waals surface area contributed by atoms with Gasteiger partial charge in [0.25, 0.3) is 0 Å². The molecule has 0 bridgehead atoms. The number of ether oxygens (including phenoxy) is 2. The molecule has 2 aliphatic heterocycles. The van der Waals surface area contributed by atoms with E-state index in [0.717, 1.165) is 19.3 Å². The van der Waals surface area contributed by atoms with Gasteiger partial charge in [0, 0.05) is 12.7 Å². The number of esters is 1. The van der Waals surface area contributed by atoms with Crippen molar-refractivity contribution in [3.63, 3.8) is 0 Å². The van der Waals surface area contributed by atoms with E-state index in [1.54, 1.807) is 0 Å². The van der Waals surface area contributed by atoms with Crippen molar-refractivity contribution in [2.24, 2.45) is 5.92 Å². The predicted octanol–water partition coefficient (Wildman–Crippen LogP) is 0.991. The molecule has 2 N–H and O–H groups in total. The molecule has 120 valence electrons. The predicted molar refractivity (Wildman–Crippen MR) is 75.6 cm³/mol. The quantitative estimate of drug-likeness (QED) is 0.583. The Hall–Kier alpha value is -1.89. The Kier molecular flexibility index (Phi) is 4.42. The molecule has 3 rings (SSSR count). The second-order valence-corrected chi connectivity index (χ2v) is 5.90. The van der Waals surface area contributed by atoms with Crippen molar-refractivity contribution in [2.75, 3.05) is 6.61 Å². The molecule has 7 heteroatoms. The highest BCUT2D eigenvalue weighted by molar-refractivity contribution is 6.01. The summed E-state index contributed by atoms with van der Waals surface area (Å²) in [7, 11) is 0. The molecular formula is C15H20N2O5. The highest BCUT2D eigenvalue weighted by Crippen LogP contribution is 2.28. The zero-order valence-corrected chi connectivity index (χ0v) is 12.3. The van der Waals surface area contributed by atoms with Gasteiger partial charge >= 0.3 is 12.0 Å². The van der Waals surface area contributed by atoms with E-state index in [0.29, 0.717) is 24.7 Å². The Bertz CT molecular complexity index is 510. The van der Waals surface area contributed by atoms with Gasteiger partial charge in [-0.1, -0.05) is 12.8 Å². The van der Waals surface area contributed by atoms with Crippen molar-refractivity contribution in [1.82, 2.24) is 10.6 Å². The Morgan fingerprint density at radius 1 is 1.23 bits per heavy atom. The van der Waals surface area contributed by atoms with E-state index in [1.165, 1.54) is 18.9 Å². The summed E-state index contributed by atoms with van der Waals surface area (Å²) >= 11 is 0. The molecule has 2 atom stereocenters. The van der Waals surface area contributed by atoms with Gasteiger partial charge in [-0.3, -0.25) is 10.1 Å². The fraction of sp³-hybridized carbons (Fsp3) is 0.667. The van der Waals surface area contributed by atoms with Crippen LogP contribution in [0.3, 0.4) is 0 Å². The van der Waals surface area contributed by atoms with E-state index in [4.69, 9.17) is 9.47 Å². The van der Waals surface area contributed by atoms with E-state index in [2.05, 4.69) is 10.6 Å². The Morgan fingerprint density at radius 3 is 2.77 bits per heavy atom. The number of amides is 3. The number of carbonyl (C=O) groups excluding carboxylic acids is 3. The number of carbonyl (C=O) groups is 3. The number of rotatable bonds is 5. The average Bonchev–Trinajstić information content (AvgIpc) is 2.95. The van der Waals surface area contributed by atoms with Gasteiger partial charge in [-0.25, -0.2) is 9.59 Å². The smallest absolute Gasteiger partial charge is 0.332 e. The lowest BCUT2D eigenvalue weighted by molar-refractivity contribution is -0.152. The number of hydrogen-bond acceptors (Lipinski definition) is 5. The Morgan fingerprint density at radius 2 is 2.00 bits per heavy atom. The molecule has 0 spiro atoms. The number of urea groups is 1. The molecule has 2 fully saturated rings. The van der Waals surface area contributed by atoms with Crippen LogP contribution in [0, 0.1) is 5.92 Å². The highest BCUT2D eigenvalue weighted by atomic mass is 16.6.